The summed E-state index contributed by atoms with van der Waals surface area (Å²) in [5.41, 5.74) is 1.20. The van der Waals surface area contributed by atoms with Crippen molar-refractivity contribution in [2.45, 2.75) is 110 Å². The standard InChI is InChI=1S/C30H43Br2N3O3/c1-2-3-4-5-6-7-8-9-10-11-12-13-14-15-16-17-22-38-27-23-28(31)30(29(32)24-27)34-33-25-18-20-26(21-19-25)35(36)37/h18-21,23-24H,2-17,22H2,1H3. The van der Waals surface area contributed by atoms with Crippen molar-refractivity contribution in [2.24, 2.45) is 10.2 Å². The molecule has 6 nitrogen and oxygen atoms in total. The molecule has 0 heterocycles. The second kappa shape index (κ2) is 20.2. The molecule has 8 heteroatoms. The summed E-state index contributed by atoms with van der Waals surface area (Å²) in [6.07, 6.45) is 21.7. The molecule has 0 aromatic heterocycles. The second-order valence-corrected chi connectivity index (χ2v) is 11.6. The van der Waals surface area contributed by atoms with Gasteiger partial charge >= 0.3 is 0 Å². The molecule has 0 amide bonds. The quantitative estimate of drug-likeness (QED) is 0.0582. The average molecular weight is 654 g/mol. The maximum Gasteiger partial charge on any atom is 0.269 e. The van der Waals surface area contributed by atoms with Gasteiger partial charge in [0.15, 0.2) is 0 Å². The van der Waals surface area contributed by atoms with Gasteiger partial charge in [-0.3, -0.25) is 10.1 Å². The molecular weight excluding hydrogens is 610 g/mol. The number of nitro benzene ring substituents is 1. The Morgan fingerprint density at radius 2 is 1.16 bits per heavy atom. The molecule has 2 rings (SSSR count). The summed E-state index contributed by atoms with van der Waals surface area (Å²) in [4.78, 5) is 10.3. The fourth-order valence-electron chi connectivity index (χ4n) is 4.31. The van der Waals surface area contributed by atoms with Gasteiger partial charge in [-0.2, -0.15) is 5.11 Å². The van der Waals surface area contributed by atoms with Gasteiger partial charge in [0.25, 0.3) is 5.69 Å². The van der Waals surface area contributed by atoms with Crippen LogP contribution in [-0.4, -0.2) is 11.5 Å². The topological polar surface area (TPSA) is 77.1 Å². The Balaban J connectivity index is 1.53. The summed E-state index contributed by atoms with van der Waals surface area (Å²) in [6.45, 7) is 2.97. The number of nitrogens with zero attached hydrogens (tertiary/aromatic N) is 3. The van der Waals surface area contributed by atoms with Crippen molar-refractivity contribution in [1.29, 1.82) is 0 Å². The molecule has 0 atom stereocenters. The fourth-order valence-corrected chi connectivity index (χ4v) is 5.61. The number of azo groups is 1. The highest BCUT2D eigenvalue weighted by atomic mass is 79.9. The smallest absolute Gasteiger partial charge is 0.269 e. The third-order valence-electron chi connectivity index (χ3n) is 6.58. The SMILES string of the molecule is CCCCCCCCCCCCCCCCCCOc1cc(Br)c(N=Nc2ccc([N+](=O)[O-])cc2)c(Br)c1. The van der Waals surface area contributed by atoms with Crippen LogP contribution in [0.15, 0.2) is 55.6 Å². The number of rotatable bonds is 21. The van der Waals surface area contributed by atoms with E-state index in [9.17, 15) is 10.1 Å². The van der Waals surface area contributed by atoms with Crippen LogP contribution in [0, 0.1) is 10.1 Å². The lowest BCUT2D eigenvalue weighted by atomic mass is 10.0. The number of halogens is 2. The van der Waals surface area contributed by atoms with Crippen LogP contribution < -0.4 is 4.74 Å². The Bertz CT molecular complexity index is 945. The summed E-state index contributed by atoms with van der Waals surface area (Å²) < 4.78 is 7.47. The van der Waals surface area contributed by atoms with E-state index < -0.39 is 4.92 Å². The van der Waals surface area contributed by atoms with Crippen LogP contribution in [0.4, 0.5) is 17.1 Å². The number of unbranched alkanes of at least 4 members (excludes halogenated alkanes) is 15. The molecule has 0 radical (unpaired) electrons. The highest BCUT2D eigenvalue weighted by molar-refractivity contribution is 9.11. The Morgan fingerprint density at radius 3 is 1.61 bits per heavy atom. The Morgan fingerprint density at radius 1 is 0.711 bits per heavy atom. The first-order chi connectivity index (χ1) is 18.5. The van der Waals surface area contributed by atoms with Gasteiger partial charge in [-0.1, -0.05) is 103 Å². The lowest BCUT2D eigenvalue weighted by Crippen LogP contribution is -1.97. The normalized spacial score (nSPS) is 11.3. The van der Waals surface area contributed by atoms with E-state index in [0.29, 0.717) is 18.0 Å². The van der Waals surface area contributed by atoms with Gasteiger partial charge < -0.3 is 4.74 Å². The van der Waals surface area contributed by atoms with Gasteiger partial charge in [-0.25, -0.2) is 0 Å². The molecule has 0 fully saturated rings. The summed E-state index contributed by atoms with van der Waals surface area (Å²) in [5, 5.41) is 19.2. The first-order valence-corrected chi connectivity index (χ1v) is 15.9. The van der Waals surface area contributed by atoms with Crippen LogP contribution in [-0.2, 0) is 0 Å². The molecule has 2 aromatic carbocycles. The van der Waals surface area contributed by atoms with E-state index in [4.69, 9.17) is 4.74 Å². The lowest BCUT2D eigenvalue weighted by Gasteiger charge is -2.09. The summed E-state index contributed by atoms with van der Waals surface area (Å²) in [5.74, 6) is 0.777. The second-order valence-electron chi connectivity index (χ2n) is 9.86. The molecule has 0 saturated heterocycles. The number of non-ortho nitro benzene ring substituents is 1. The van der Waals surface area contributed by atoms with Gasteiger partial charge in [0.05, 0.1) is 17.2 Å². The van der Waals surface area contributed by atoms with E-state index in [0.717, 1.165) is 21.1 Å². The number of nitro groups is 1. The molecule has 2 aromatic rings. The average Bonchev–Trinajstić information content (AvgIpc) is 2.90. The molecule has 0 aliphatic rings. The zero-order valence-electron chi connectivity index (χ0n) is 22.8. The Kier molecular flexibility index (Phi) is 17.2. The summed E-state index contributed by atoms with van der Waals surface area (Å²) in [7, 11) is 0. The minimum Gasteiger partial charge on any atom is -0.494 e. The fraction of sp³-hybridized carbons (Fsp3) is 0.600. The first kappa shape index (κ1) is 32.4. The van der Waals surface area contributed by atoms with E-state index in [-0.39, 0.29) is 5.69 Å². The lowest BCUT2D eigenvalue weighted by molar-refractivity contribution is -0.384. The van der Waals surface area contributed by atoms with Gasteiger partial charge in [-0.15, -0.1) is 5.11 Å². The number of hydrogen-bond acceptors (Lipinski definition) is 5. The van der Waals surface area contributed by atoms with E-state index in [1.807, 2.05) is 12.1 Å². The molecule has 0 N–H and O–H groups in total. The number of hydrogen-bond donors (Lipinski definition) is 0. The van der Waals surface area contributed by atoms with Crippen molar-refractivity contribution in [3.05, 3.63) is 55.5 Å². The Hall–Kier alpha value is -1.80. The van der Waals surface area contributed by atoms with Crippen LogP contribution in [0.25, 0.3) is 0 Å². The molecule has 0 unspecified atom stereocenters. The largest absolute Gasteiger partial charge is 0.494 e. The summed E-state index contributed by atoms with van der Waals surface area (Å²) >= 11 is 7.08. The van der Waals surface area contributed by atoms with Crippen molar-refractivity contribution in [2.75, 3.05) is 6.61 Å². The van der Waals surface area contributed by atoms with E-state index in [1.54, 1.807) is 12.1 Å². The highest BCUT2D eigenvalue weighted by Gasteiger charge is 2.09. The van der Waals surface area contributed by atoms with Gasteiger partial charge in [0.1, 0.15) is 11.4 Å². The minimum atomic E-state index is -0.438. The van der Waals surface area contributed by atoms with Crippen molar-refractivity contribution in [3.8, 4) is 5.75 Å². The zero-order chi connectivity index (χ0) is 27.4. The third kappa shape index (κ3) is 13.8. The van der Waals surface area contributed by atoms with Gasteiger partial charge in [0.2, 0.25) is 0 Å². The summed E-state index contributed by atoms with van der Waals surface area (Å²) in [6, 6.07) is 9.74. The molecule has 0 spiro atoms. The van der Waals surface area contributed by atoms with E-state index in [1.165, 1.54) is 108 Å². The minimum absolute atomic E-state index is 0.0251. The molecule has 0 aliphatic heterocycles. The Labute approximate surface area is 245 Å². The number of benzene rings is 2. The monoisotopic (exact) mass is 651 g/mol. The van der Waals surface area contributed by atoms with E-state index >= 15 is 0 Å². The van der Waals surface area contributed by atoms with Crippen LogP contribution >= 0.6 is 31.9 Å². The first-order valence-electron chi connectivity index (χ1n) is 14.3. The maximum atomic E-state index is 10.8. The maximum absolute atomic E-state index is 10.8. The molecule has 0 bridgehead atoms. The predicted octanol–water partition coefficient (Wildman–Crippen LogP) is 12.2. The van der Waals surface area contributed by atoms with E-state index in [2.05, 4.69) is 49.0 Å². The molecular formula is C30H43Br2N3O3. The molecule has 38 heavy (non-hydrogen) atoms. The molecule has 0 aliphatic carbocycles. The van der Waals surface area contributed by atoms with Gasteiger partial charge in [-0.05, 0) is 62.5 Å². The van der Waals surface area contributed by atoms with Gasteiger partial charge in [0, 0.05) is 21.1 Å². The molecule has 210 valence electrons. The van der Waals surface area contributed by atoms with Crippen molar-refractivity contribution in [3.63, 3.8) is 0 Å². The third-order valence-corrected chi connectivity index (χ3v) is 7.79. The van der Waals surface area contributed by atoms with Crippen LogP contribution in [0.2, 0.25) is 0 Å². The van der Waals surface area contributed by atoms with Crippen LogP contribution in [0.5, 0.6) is 5.75 Å². The predicted molar refractivity (Wildman–Crippen MR) is 164 cm³/mol. The van der Waals surface area contributed by atoms with Crippen LogP contribution in [0.1, 0.15) is 110 Å². The highest BCUT2D eigenvalue weighted by Crippen LogP contribution is 2.38. The van der Waals surface area contributed by atoms with Crippen molar-refractivity contribution < 1.29 is 9.66 Å². The number of ether oxygens (including phenoxy) is 1. The van der Waals surface area contributed by atoms with Crippen molar-refractivity contribution in [1.82, 2.24) is 0 Å². The zero-order valence-corrected chi connectivity index (χ0v) is 26.0. The van der Waals surface area contributed by atoms with Crippen LogP contribution in [0.3, 0.4) is 0 Å². The van der Waals surface area contributed by atoms with Crippen molar-refractivity contribution >= 4 is 48.9 Å². The molecule has 0 saturated carbocycles.